The highest BCUT2D eigenvalue weighted by Gasteiger charge is 2.43. The minimum atomic E-state index is -0.573. The number of Topliss-reactive ketones (excluding diaryl/α,β-unsaturated/α-hetero) is 3. The van der Waals surface area contributed by atoms with Gasteiger partial charge in [-0.3, -0.25) is 19.2 Å². The average Bonchev–Trinajstić information content (AvgIpc) is 3.35. The summed E-state index contributed by atoms with van der Waals surface area (Å²) in [6.07, 6.45) is 26.5. The molecule has 1 aromatic carbocycles. The molecule has 4 saturated carbocycles. The quantitative estimate of drug-likeness (QED) is 0.0963. The van der Waals surface area contributed by atoms with E-state index in [-0.39, 0.29) is 77.0 Å². The molecule has 8 heteroatoms. The van der Waals surface area contributed by atoms with E-state index < -0.39 is 11.7 Å². The number of hydrogen-bond acceptors (Lipinski definition) is 7. The van der Waals surface area contributed by atoms with Crippen LogP contribution in [0, 0.1) is 107 Å². The average molecular weight is 972 g/mol. The second-order valence-corrected chi connectivity index (χ2v) is 22.5. The van der Waals surface area contributed by atoms with E-state index in [1.54, 1.807) is 6.92 Å². The number of carbonyl (C=O) groups excluding carboxylic acids is 5. The van der Waals surface area contributed by atoms with Crippen molar-refractivity contribution >= 4 is 29.4 Å². The number of terminal acetylenes is 1. The summed E-state index contributed by atoms with van der Waals surface area (Å²) in [5.74, 6) is 18.7. The first-order valence-corrected chi connectivity index (χ1v) is 27.8. The number of hydrogen-bond donors (Lipinski definition) is 1. The van der Waals surface area contributed by atoms with Gasteiger partial charge in [-0.25, -0.2) is 4.79 Å². The van der Waals surface area contributed by atoms with Crippen molar-refractivity contribution in [2.24, 2.45) is 58.7 Å². The molecule has 4 fully saturated rings. The first kappa shape index (κ1) is 58.8. The lowest BCUT2D eigenvalue weighted by Gasteiger charge is -2.41. The minimum absolute atomic E-state index is 0.0560. The van der Waals surface area contributed by atoms with Crippen molar-refractivity contribution in [2.75, 3.05) is 6.54 Å². The lowest BCUT2D eigenvalue weighted by Crippen LogP contribution is -2.43. The van der Waals surface area contributed by atoms with E-state index in [0.717, 1.165) is 134 Å². The van der Waals surface area contributed by atoms with E-state index >= 15 is 0 Å². The summed E-state index contributed by atoms with van der Waals surface area (Å²) in [7, 11) is 0. The Bertz CT molecular complexity index is 2090. The topological polar surface area (TPSA) is 116 Å². The Balaban J connectivity index is 0.00000110. The maximum atomic E-state index is 14.6. The first-order valence-electron chi connectivity index (χ1n) is 27.8. The molecule has 5 rings (SSSR count). The van der Waals surface area contributed by atoms with Crippen LogP contribution in [0.15, 0.2) is 30.3 Å². The Kier molecular flexibility index (Phi) is 25.6. The molecule has 0 unspecified atom stereocenters. The Hall–Kier alpha value is -4.79. The third kappa shape index (κ3) is 19.6. The van der Waals surface area contributed by atoms with Gasteiger partial charge in [-0.2, -0.15) is 0 Å². The van der Waals surface area contributed by atoms with Crippen LogP contribution in [-0.4, -0.2) is 41.6 Å². The summed E-state index contributed by atoms with van der Waals surface area (Å²) in [6.45, 7) is 14.5. The molecule has 0 heterocycles. The zero-order chi connectivity index (χ0) is 51.7. The smallest absolute Gasteiger partial charge is 0.407 e. The number of carbonyl (C=O) groups is 5. The molecule has 9 atom stereocenters. The maximum Gasteiger partial charge on any atom is 0.407 e. The summed E-state index contributed by atoms with van der Waals surface area (Å²) in [5.41, 5.74) is 0.182. The molecule has 1 amide bonds. The van der Waals surface area contributed by atoms with Crippen molar-refractivity contribution in [1.29, 1.82) is 0 Å². The zero-order valence-corrected chi connectivity index (χ0v) is 44.9. The molecule has 4 aliphatic rings. The number of nitrogens with one attached hydrogen (secondary N) is 1. The fourth-order valence-corrected chi connectivity index (χ4v) is 13.2. The Morgan fingerprint density at radius 3 is 1.62 bits per heavy atom. The van der Waals surface area contributed by atoms with Crippen LogP contribution >= 0.6 is 0 Å². The molecule has 1 N–H and O–H groups in total. The van der Waals surface area contributed by atoms with Gasteiger partial charge < -0.3 is 14.8 Å². The molecule has 4 aliphatic carbocycles. The third-order valence-electron chi connectivity index (χ3n) is 16.5. The van der Waals surface area contributed by atoms with Crippen LogP contribution in [0.25, 0.3) is 0 Å². The van der Waals surface area contributed by atoms with Crippen molar-refractivity contribution < 1.29 is 33.4 Å². The van der Waals surface area contributed by atoms with E-state index in [1.165, 1.54) is 0 Å². The molecule has 1 aromatic rings. The predicted molar refractivity (Wildman–Crippen MR) is 285 cm³/mol. The van der Waals surface area contributed by atoms with Crippen LogP contribution in [0.5, 0.6) is 0 Å². The predicted octanol–water partition coefficient (Wildman–Crippen LogP) is 13.6. The van der Waals surface area contributed by atoms with Gasteiger partial charge in [0.2, 0.25) is 0 Å². The minimum Gasteiger partial charge on any atom is -0.461 e. The van der Waals surface area contributed by atoms with E-state index in [9.17, 15) is 24.0 Å². The molecule has 71 heavy (non-hydrogen) atoms. The number of esters is 1. The third-order valence-corrected chi connectivity index (χ3v) is 16.5. The number of ether oxygens (including phenoxy) is 2. The van der Waals surface area contributed by atoms with E-state index in [2.05, 4.69) is 67.5 Å². The second-order valence-electron chi connectivity index (χ2n) is 22.5. The van der Waals surface area contributed by atoms with Gasteiger partial charge in [0.1, 0.15) is 29.6 Å². The summed E-state index contributed by atoms with van der Waals surface area (Å²) < 4.78 is 11.4. The largest absolute Gasteiger partial charge is 0.461 e. The molecular weight excluding hydrogens is 883 g/mol. The molecular formula is C63H89NO7. The fraction of sp³-hybridized carbons (Fsp3) is 0.698. The van der Waals surface area contributed by atoms with Gasteiger partial charge in [0.05, 0.1) is 5.92 Å². The van der Waals surface area contributed by atoms with E-state index in [4.69, 9.17) is 15.9 Å². The summed E-state index contributed by atoms with van der Waals surface area (Å²) in [5, 5.41) is 3.02. The zero-order valence-electron chi connectivity index (χ0n) is 44.9. The lowest BCUT2D eigenvalue weighted by atomic mass is 9.63. The summed E-state index contributed by atoms with van der Waals surface area (Å²) in [6, 6.07) is 9.85. The van der Waals surface area contributed by atoms with Crippen molar-refractivity contribution in [3.63, 3.8) is 0 Å². The highest BCUT2D eigenvalue weighted by molar-refractivity contribution is 5.84. The van der Waals surface area contributed by atoms with Crippen LogP contribution < -0.4 is 5.32 Å². The number of rotatable bonds is 21. The van der Waals surface area contributed by atoms with Gasteiger partial charge in [-0.05, 0) is 180 Å². The van der Waals surface area contributed by atoms with Crippen LogP contribution in [0.2, 0.25) is 0 Å². The van der Waals surface area contributed by atoms with Crippen LogP contribution in [-0.2, 0) is 35.3 Å². The number of ketones is 3. The molecule has 388 valence electrons. The first-order chi connectivity index (χ1) is 34.2. The monoisotopic (exact) mass is 972 g/mol. The van der Waals surface area contributed by atoms with Crippen molar-refractivity contribution in [2.45, 2.75) is 215 Å². The van der Waals surface area contributed by atoms with Gasteiger partial charge in [0.15, 0.2) is 0 Å². The Labute approximate surface area is 430 Å². The molecule has 0 radical (unpaired) electrons. The highest BCUT2D eigenvalue weighted by Crippen LogP contribution is 2.46. The van der Waals surface area contributed by atoms with Crippen molar-refractivity contribution in [3.8, 4) is 47.9 Å². The molecule has 0 spiro atoms. The molecule has 0 aromatic heterocycles. The maximum absolute atomic E-state index is 14.6. The summed E-state index contributed by atoms with van der Waals surface area (Å²) in [4.78, 5) is 69.4. The van der Waals surface area contributed by atoms with Crippen LogP contribution in [0.3, 0.4) is 0 Å². The lowest BCUT2D eigenvalue weighted by molar-refractivity contribution is -0.154. The van der Waals surface area contributed by atoms with Crippen LogP contribution in [0.1, 0.15) is 208 Å². The molecule has 0 saturated heterocycles. The Morgan fingerprint density at radius 2 is 1.13 bits per heavy atom. The highest BCUT2D eigenvalue weighted by atomic mass is 16.6. The van der Waals surface area contributed by atoms with Gasteiger partial charge in [-0.15, -0.1) is 6.42 Å². The van der Waals surface area contributed by atoms with Crippen molar-refractivity contribution in [1.82, 2.24) is 5.32 Å². The molecule has 8 nitrogen and oxygen atoms in total. The van der Waals surface area contributed by atoms with Crippen molar-refractivity contribution in [3.05, 3.63) is 35.9 Å². The number of amides is 1. The standard InChI is InChI=1S/C54H85NO7.C9H4/c1-7-43(46-27-17-14-24-39(46)32-42(56)35-54(30-20-11-21-31-54)37-55-52(60)62-53(4,5)6)49(57)33-40-25-15-18-28-47(40)44(8-2)50(58)34-41-26-16-19-29-48(41)45(9-3)51(59)61-36-38-22-12-10-13-23-38;1-3-5-7-9-8-6-4-2/h10,12-13,22-23,39-41,43-48H,7-9,11,14-21,24-37H2,1-6H3,(H,55,60);1H,2H3/t39-,40-,41-,43+,44+,45+,46-,47-,48-;/m1./s1. The fourth-order valence-electron chi connectivity index (χ4n) is 13.2. The van der Waals surface area contributed by atoms with Gasteiger partial charge in [0, 0.05) is 44.1 Å². The van der Waals surface area contributed by atoms with Gasteiger partial charge >= 0.3 is 12.1 Å². The normalized spacial score (nSPS) is 24.0. The molecule has 0 bridgehead atoms. The number of alkyl carbamates (subject to hydrolysis) is 1. The Morgan fingerprint density at radius 1 is 0.648 bits per heavy atom. The second kappa shape index (κ2) is 30.9. The van der Waals surface area contributed by atoms with E-state index in [0.29, 0.717) is 43.8 Å². The summed E-state index contributed by atoms with van der Waals surface area (Å²) >= 11 is 0. The molecule has 0 aliphatic heterocycles. The number of benzene rings is 1. The van der Waals surface area contributed by atoms with Gasteiger partial charge in [0.25, 0.3) is 0 Å². The van der Waals surface area contributed by atoms with Crippen LogP contribution in [0.4, 0.5) is 4.79 Å². The SMILES string of the molecule is C#CC#CC#CC#CC.CC[C@H](C(=O)C[C@H]1CCCC[C@H]1[C@H](CC)C(=O)C[C@H]1CCCC[C@H]1[C@H](CC)C(=O)OCc1ccccc1)[C@@H]1CCCC[C@@H]1CC(=O)CC1(CNC(=O)OC(C)(C)C)CCCCC1. The van der Waals surface area contributed by atoms with E-state index in [1.807, 2.05) is 51.1 Å². The van der Waals surface area contributed by atoms with Gasteiger partial charge in [-0.1, -0.05) is 115 Å².